The summed E-state index contributed by atoms with van der Waals surface area (Å²) in [5.41, 5.74) is 2.12. The summed E-state index contributed by atoms with van der Waals surface area (Å²) in [6, 6.07) is -0.0221. The van der Waals surface area contributed by atoms with E-state index in [-0.39, 0.29) is 12.0 Å². The Morgan fingerprint density at radius 3 is 2.81 bits per heavy atom. The van der Waals surface area contributed by atoms with E-state index < -0.39 is 0 Å². The fraction of sp³-hybridized carbons (Fsp3) is 0.636. The molecule has 0 aromatic carbocycles. The van der Waals surface area contributed by atoms with E-state index in [0.717, 1.165) is 17.8 Å². The first-order valence-corrected chi connectivity index (χ1v) is 5.38. The summed E-state index contributed by atoms with van der Waals surface area (Å²) >= 11 is 0. The molecular formula is C11H19N3O2. The number of hydrogen-bond donors (Lipinski definition) is 1. The zero-order valence-corrected chi connectivity index (χ0v) is 10.3. The van der Waals surface area contributed by atoms with E-state index in [2.05, 4.69) is 15.2 Å². The van der Waals surface area contributed by atoms with Crippen LogP contribution in [0.25, 0.3) is 0 Å². The summed E-state index contributed by atoms with van der Waals surface area (Å²) in [5, 5.41) is 7.44. The second-order valence-electron chi connectivity index (χ2n) is 3.70. The van der Waals surface area contributed by atoms with Gasteiger partial charge in [0, 0.05) is 24.3 Å². The number of methoxy groups -OCH3 is 1. The van der Waals surface area contributed by atoms with Crippen LogP contribution >= 0.6 is 0 Å². The lowest BCUT2D eigenvalue weighted by molar-refractivity contribution is -0.141. The number of esters is 1. The molecule has 0 aliphatic carbocycles. The van der Waals surface area contributed by atoms with Crippen LogP contribution in [-0.2, 0) is 16.6 Å². The highest BCUT2D eigenvalue weighted by Crippen LogP contribution is 2.20. The number of nitrogens with zero attached hydrogens (tertiary/aromatic N) is 2. The normalized spacial score (nSPS) is 12.5. The molecule has 1 aromatic heterocycles. The van der Waals surface area contributed by atoms with Gasteiger partial charge in [-0.1, -0.05) is 6.92 Å². The van der Waals surface area contributed by atoms with Crippen molar-refractivity contribution in [1.29, 1.82) is 0 Å². The standard InChI is InChI=1S/C11H19N3O2/c1-5-12-10(6-11(15)16-4)9-7-13-14(3)8(9)2/h7,10,12H,5-6H2,1-4H3. The van der Waals surface area contributed by atoms with Crippen LogP contribution in [0.3, 0.4) is 0 Å². The van der Waals surface area contributed by atoms with Gasteiger partial charge in [0.05, 0.1) is 19.7 Å². The van der Waals surface area contributed by atoms with Crippen LogP contribution in [0.2, 0.25) is 0 Å². The van der Waals surface area contributed by atoms with Crippen molar-refractivity contribution < 1.29 is 9.53 Å². The molecule has 0 saturated heterocycles. The molecule has 1 heterocycles. The number of hydrogen-bond acceptors (Lipinski definition) is 4. The molecule has 5 heteroatoms. The fourth-order valence-corrected chi connectivity index (χ4v) is 1.65. The first-order chi connectivity index (χ1) is 7.60. The smallest absolute Gasteiger partial charge is 0.307 e. The van der Waals surface area contributed by atoms with E-state index >= 15 is 0 Å². The molecule has 1 atom stereocenters. The van der Waals surface area contributed by atoms with Crippen molar-refractivity contribution in [3.8, 4) is 0 Å². The molecule has 90 valence electrons. The Labute approximate surface area is 95.8 Å². The minimum Gasteiger partial charge on any atom is -0.469 e. The number of aryl methyl sites for hydroxylation is 1. The SMILES string of the molecule is CCNC(CC(=O)OC)c1cnn(C)c1C. The molecule has 0 saturated carbocycles. The molecule has 0 radical (unpaired) electrons. The third-order valence-electron chi connectivity index (χ3n) is 2.70. The third kappa shape index (κ3) is 2.82. The Bertz CT molecular complexity index is 360. The van der Waals surface area contributed by atoms with E-state index in [1.54, 1.807) is 10.9 Å². The summed E-state index contributed by atoms with van der Waals surface area (Å²) in [4.78, 5) is 11.3. The topological polar surface area (TPSA) is 56.1 Å². The van der Waals surface area contributed by atoms with Crippen molar-refractivity contribution in [2.45, 2.75) is 26.3 Å². The van der Waals surface area contributed by atoms with Gasteiger partial charge in [-0.2, -0.15) is 5.10 Å². The highest BCUT2D eigenvalue weighted by Gasteiger charge is 2.19. The molecular weight excluding hydrogens is 206 g/mol. The summed E-state index contributed by atoms with van der Waals surface area (Å²) in [7, 11) is 3.29. The van der Waals surface area contributed by atoms with Gasteiger partial charge in [-0.15, -0.1) is 0 Å². The van der Waals surface area contributed by atoms with E-state index in [9.17, 15) is 4.79 Å². The molecule has 0 bridgehead atoms. The van der Waals surface area contributed by atoms with Crippen LogP contribution in [0.15, 0.2) is 6.20 Å². The number of carbonyl (C=O) groups excluding carboxylic acids is 1. The van der Waals surface area contributed by atoms with Gasteiger partial charge in [0.25, 0.3) is 0 Å². The molecule has 1 unspecified atom stereocenters. The van der Waals surface area contributed by atoms with Gasteiger partial charge >= 0.3 is 5.97 Å². The average Bonchev–Trinajstić information content (AvgIpc) is 2.59. The van der Waals surface area contributed by atoms with Gasteiger partial charge in [-0.25, -0.2) is 0 Å². The number of nitrogens with one attached hydrogen (secondary N) is 1. The Morgan fingerprint density at radius 2 is 2.38 bits per heavy atom. The van der Waals surface area contributed by atoms with Crippen LogP contribution in [0.5, 0.6) is 0 Å². The Morgan fingerprint density at radius 1 is 1.69 bits per heavy atom. The van der Waals surface area contributed by atoms with Crippen molar-refractivity contribution in [3.63, 3.8) is 0 Å². The number of carbonyl (C=O) groups is 1. The Balaban J connectivity index is 2.84. The van der Waals surface area contributed by atoms with Gasteiger partial charge < -0.3 is 10.1 Å². The van der Waals surface area contributed by atoms with Crippen LogP contribution in [-0.4, -0.2) is 29.4 Å². The zero-order chi connectivity index (χ0) is 12.1. The fourth-order valence-electron chi connectivity index (χ4n) is 1.65. The largest absolute Gasteiger partial charge is 0.469 e. The van der Waals surface area contributed by atoms with Crippen molar-refractivity contribution in [3.05, 3.63) is 17.5 Å². The number of ether oxygens (including phenoxy) is 1. The average molecular weight is 225 g/mol. The second kappa shape index (κ2) is 5.65. The van der Waals surface area contributed by atoms with Crippen LogP contribution in [0, 0.1) is 6.92 Å². The minimum atomic E-state index is -0.214. The Hall–Kier alpha value is -1.36. The minimum absolute atomic E-state index is 0.0221. The Kier molecular flexibility index (Phi) is 4.49. The van der Waals surface area contributed by atoms with Crippen molar-refractivity contribution >= 4 is 5.97 Å². The lowest BCUT2D eigenvalue weighted by Gasteiger charge is -2.16. The predicted molar refractivity (Wildman–Crippen MR) is 61.0 cm³/mol. The van der Waals surface area contributed by atoms with E-state index in [0.29, 0.717) is 6.42 Å². The summed E-state index contributed by atoms with van der Waals surface area (Å²) < 4.78 is 6.49. The van der Waals surface area contributed by atoms with Gasteiger partial charge in [0.15, 0.2) is 0 Å². The summed E-state index contributed by atoms with van der Waals surface area (Å²) in [6.45, 7) is 4.80. The predicted octanol–water partition coefficient (Wildman–Crippen LogP) is 0.942. The molecule has 0 aliphatic rings. The quantitative estimate of drug-likeness (QED) is 0.758. The maximum Gasteiger partial charge on any atom is 0.307 e. The van der Waals surface area contributed by atoms with Crippen molar-refractivity contribution in [2.75, 3.05) is 13.7 Å². The molecule has 16 heavy (non-hydrogen) atoms. The molecule has 0 fully saturated rings. The first-order valence-electron chi connectivity index (χ1n) is 5.38. The molecule has 5 nitrogen and oxygen atoms in total. The highest BCUT2D eigenvalue weighted by atomic mass is 16.5. The van der Waals surface area contributed by atoms with Gasteiger partial charge in [0.2, 0.25) is 0 Å². The molecule has 1 aromatic rings. The number of aromatic nitrogens is 2. The third-order valence-corrected chi connectivity index (χ3v) is 2.70. The summed E-state index contributed by atoms with van der Waals surface area (Å²) in [5.74, 6) is -0.214. The van der Waals surface area contributed by atoms with Crippen LogP contribution < -0.4 is 5.32 Å². The zero-order valence-electron chi connectivity index (χ0n) is 10.3. The monoisotopic (exact) mass is 225 g/mol. The molecule has 0 spiro atoms. The van der Waals surface area contributed by atoms with Crippen LogP contribution in [0.1, 0.15) is 30.6 Å². The lowest BCUT2D eigenvalue weighted by atomic mass is 10.1. The molecule has 1 rings (SSSR count). The van der Waals surface area contributed by atoms with Crippen molar-refractivity contribution in [1.82, 2.24) is 15.1 Å². The van der Waals surface area contributed by atoms with Crippen LogP contribution in [0.4, 0.5) is 0 Å². The maximum absolute atomic E-state index is 11.3. The van der Waals surface area contributed by atoms with E-state index in [4.69, 9.17) is 0 Å². The van der Waals surface area contributed by atoms with Gasteiger partial charge in [-0.3, -0.25) is 9.48 Å². The van der Waals surface area contributed by atoms with Gasteiger partial charge in [-0.05, 0) is 13.5 Å². The molecule has 1 N–H and O–H groups in total. The maximum atomic E-state index is 11.3. The van der Waals surface area contributed by atoms with E-state index in [1.807, 2.05) is 20.9 Å². The molecule has 0 amide bonds. The highest BCUT2D eigenvalue weighted by molar-refractivity contribution is 5.70. The van der Waals surface area contributed by atoms with Crippen molar-refractivity contribution in [2.24, 2.45) is 7.05 Å². The number of rotatable bonds is 5. The first kappa shape index (κ1) is 12.7. The molecule has 0 aliphatic heterocycles. The summed E-state index contributed by atoms with van der Waals surface area (Å²) in [6.07, 6.45) is 2.13. The second-order valence-corrected chi connectivity index (χ2v) is 3.70. The van der Waals surface area contributed by atoms with Gasteiger partial charge in [0.1, 0.15) is 0 Å². The lowest BCUT2D eigenvalue weighted by Crippen LogP contribution is -2.24. The van der Waals surface area contributed by atoms with E-state index in [1.165, 1.54) is 7.11 Å².